The molecule has 88 valence electrons. The normalized spacial score (nSPS) is 12.4. The summed E-state index contributed by atoms with van der Waals surface area (Å²) >= 11 is 0. The van der Waals surface area contributed by atoms with E-state index in [9.17, 15) is 21.4 Å². The van der Waals surface area contributed by atoms with Gasteiger partial charge in [0.2, 0.25) is 20.3 Å². The van der Waals surface area contributed by atoms with Crippen LogP contribution in [-0.4, -0.2) is 21.4 Å². The molecule has 2 N–H and O–H groups in total. The van der Waals surface area contributed by atoms with E-state index in [1.54, 1.807) is 0 Å². The first-order chi connectivity index (χ1) is 7.18. The van der Waals surface area contributed by atoms with Crippen LogP contribution in [0.1, 0.15) is 0 Å². The van der Waals surface area contributed by atoms with Crippen LogP contribution in [0.15, 0.2) is 38.8 Å². The van der Waals surface area contributed by atoms with Crippen LogP contribution < -0.4 is 34.7 Å². The van der Waals surface area contributed by atoms with E-state index in [1.807, 2.05) is 0 Å². The van der Waals surface area contributed by atoms with Gasteiger partial charge in [-0.05, 0) is 18.2 Å². The standard InChI is InChI=1S/C6H7N3O5S2.Na/c7-15(10,11)6-3-1-2-5(4-6)8-9-16(12,13)14;/h1-4H,(H2,7,10,11)(H,12,13,14);/q;+1/p-1. The van der Waals surface area contributed by atoms with Crippen LogP contribution in [0.4, 0.5) is 5.69 Å². The third-order valence-electron chi connectivity index (χ3n) is 1.40. The maximum atomic E-state index is 10.9. The summed E-state index contributed by atoms with van der Waals surface area (Å²) in [6.45, 7) is 0. The van der Waals surface area contributed by atoms with Gasteiger partial charge in [0.25, 0.3) is 0 Å². The van der Waals surface area contributed by atoms with Gasteiger partial charge in [-0.2, -0.15) is 0 Å². The first kappa shape index (κ1) is 16.6. The van der Waals surface area contributed by atoms with Crippen LogP contribution in [0, 0.1) is 0 Å². The van der Waals surface area contributed by atoms with Gasteiger partial charge < -0.3 is 4.55 Å². The fourth-order valence-electron chi connectivity index (χ4n) is 0.820. The van der Waals surface area contributed by atoms with Crippen LogP contribution in [-0.2, 0) is 20.3 Å². The second-order valence-corrected chi connectivity index (χ2v) is 5.23. The van der Waals surface area contributed by atoms with Crippen molar-refractivity contribution in [2.45, 2.75) is 4.90 Å². The SMILES string of the molecule is NS(=O)(=O)c1cccc(N=NS(=O)(=O)[O-])c1.[Na+]. The molecule has 11 heteroatoms. The van der Waals surface area contributed by atoms with Crippen molar-refractivity contribution in [2.75, 3.05) is 0 Å². The van der Waals surface area contributed by atoms with Gasteiger partial charge in [0.05, 0.1) is 10.6 Å². The Balaban J connectivity index is 0.00000256. The molecule has 0 atom stereocenters. The second-order valence-electron chi connectivity index (χ2n) is 2.65. The van der Waals surface area contributed by atoms with Crippen LogP contribution >= 0.6 is 0 Å². The molecule has 0 heterocycles. The van der Waals surface area contributed by atoms with E-state index in [1.165, 1.54) is 18.2 Å². The van der Waals surface area contributed by atoms with Gasteiger partial charge in [0, 0.05) is 0 Å². The molecule has 0 unspecified atom stereocenters. The van der Waals surface area contributed by atoms with Gasteiger partial charge in [-0.25, -0.2) is 22.0 Å². The Morgan fingerprint density at radius 1 is 1.18 bits per heavy atom. The Bertz CT molecular complexity index is 625. The number of benzene rings is 1. The number of rotatable bonds is 3. The van der Waals surface area contributed by atoms with Crippen LogP contribution in [0.3, 0.4) is 0 Å². The zero-order valence-corrected chi connectivity index (χ0v) is 12.3. The van der Waals surface area contributed by atoms with Crippen molar-refractivity contribution in [3.63, 3.8) is 0 Å². The van der Waals surface area contributed by atoms with E-state index >= 15 is 0 Å². The third-order valence-corrected chi connectivity index (χ3v) is 2.60. The third kappa shape index (κ3) is 6.21. The molecule has 1 aromatic rings. The first-order valence-corrected chi connectivity index (χ1v) is 6.61. The zero-order valence-electron chi connectivity index (χ0n) is 8.64. The molecule has 0 saturated heterocycles. The molecular weight excluding hydrogens is 281 g/mol. The molecule has 0 radical (unpaired) electrons. The van der Waals surface area contributed by atoms with Crippen molar-refractivity contribution in [2.24, 2.45) is 14.8 Å². The summed E-state index contributed by atoms with van der Waals surface area (Å²) < 4.78 is 54.7. The van der Waals surface area contributed by atoms with Crippen molar-refractivity contribution in [3.8, 4) is 0 Å². The fourth-order valence-corrected chi connectivity index (χ4v) is 1.57. The Kier molecular flexibility index (Phi) is 5.87. The number of primary sulfonamides is 1. The Labute approximate surface area is 120 Å². The van der Waals surface area contributed by atoms with Crippen molar-refractivity contribution in [1.29, 1.82) is 0 Å². The molecule has 8 nitrogen and oxygen atoms in total. The Morgan fingerprint density at radius 3 is 2.24 bits per heavy atom. The van der Waals surface area contributed by atoms with E-state index in [2.05, 4.69) is 9.63 Å². The fraction of sp³-hybridized carbons (Fsp3) is 0. The summed E-state index contributed by atoms with van der Waals surface area (Å²) in [4.78, 5) is -0.257. The smallest absolute Gasteiger partial charge is 0.728 e. The minimum Gasteiger partial charge on any atom is -0.728 e. The maximum absolute atomic E-state index is 10.9. The van der Waals surface area contributed by atoms with Crippen molar-refractivity contribution in [3.05, 3.63) is 24.3 Å². The quantitative estimate of drug-likeness (QED) is 0.355. The summed E-state index contributed by atoms with van der Waals surface area (Å²) in [6.07, 6.45) is 0. The number of sulfonamides is 1. The second kappa shape index (κ2) is 6.00. The summed E-state index contributed by atoms with van der Waals surface area (Å²) in [5, 5.41) is 7.88. The van der Waals surface area contributed by atoms with Crippen LogP contribution in [0.2, 0.25) is 0 Å². The van der Waals surface area contributed by atoms with Gasteiger partial charge >= 0.3 is 29.6 Å². The summed E-state index contributed by atoms with van der Waals surface area (Å²) in [5.41, 5.74) is -0.106. The molecule has 1 aromatic carbocycles. The van der Waals surface area contributed by atoms with Gasteiger partial charge in [0.1, 0.15) is 0 Å². The van der Waals surface area contributed by atoms with E-state index < -0.39 is 20.3 Å². The average molecular weight is 287 g/mol. The van der Waals surface area contributed by atoms with E-state index in [0.29, 0.717) is 0 Å². The van der Waals surface area contributed by atoms with Gasteiger partial charge in [-0.15, -0.1) is 5.11 Å². The minimum atomic E-state index is -4.84. The number of nitrogens with zero attached hydrogens (tertiary/aromatic N) is 2. The Hall–Kier alpha value is -0.360. The molecule has 17 heavy (non-hydrogen) atoms. The number of nitrogens with two attached hydrogens (primary N) is 1. The molecule has 0 bridgehead atoms. The molecular formula is C6H6N3NaO5S2. The molecule has 1 rings (SSSR count). The predicted molar refractivity (Wildman–Crippen MR) is 52.0 cm³/mol. The van der Waals surface area contributed by atoms with Crippen molar-refractivity contribution < 1.29 is 50.9 Å². The molecule has 0 aliphatic heterocycles. The topological polar surface area (TPSA) is 142 Å². The average Bonchev–Trinajstić information content (AvgIpc) is 2.13. The van der Waals surface area contributed by atoms with Gasteiger partial charge in [0.15, 0.2) is 0 Å². The predicted octanol–water partition coefficient (Wildman–Crippen LogP) is -3.12. The molecule has 0 amide bonds. The minimum absolute atomic E-state index is 0. The summed E-state index contributed by atoms with van der Waals surface area (Å²) in [7, 11) is -8.75. The Morgan fingerprint density at radius 2 is 1.76 bits per heavy atom. The van der Waals surface area contributed by atoms with E-state index in [4.69, 9.17) is 5.14 Å². The summed E-state index contributed by atoms with van der Waals surface area (Å²) in [6, 6.07) is 4.74. The molecule has 0 fully saturated rings. The zero-order chi connectivity index (χ0) is 12.4. The largest absolute Gasteiger partial charge is 1.00 e. The first-order valence-electron chi connectivity index (χ1n) is 3.70. The van der Waals surface area contributed by atoms with E-state index in [0.717, 1.165) is 6.07 Å². The van der Waals surface area contributed by atoms with Gasteiger partial charge in [-0.1, -0.05) is 10.6 Å². The van der Waals surface area contributed by atoms with Crippen molar-refractivity contribution >= 4 is 26.0 Å². The van der Waals surface area contributed by atoms with Crippen molar-refractivity contribution in [1.82, 2.24) is 0 Å². The van der Waals surface area contributed by atoms with Crippen LogP contribution in [0.25, 0.3) is 0 Å². The number of hydrogen-bond donors (Lipinski definition) is 1. The van der Waals surface area contributed by atoms with Gasteiger partial charge in [-0.3, -0.25) is 0 Å². The number of hydrogen-bond acceptors (Lipinski definition) is 6. The monoisotopic (exact) mass is 287 g/mol. The van der Waals surface area contributed by atoms with Crippen LogP contribution in [0.5, 0.6) is 0 Å². The molecule has 0 saturated carbocycles. The van der Waals surface area contributed by atoms with E-state index in [-0.39, 0.29) is 40.1 Å². The molecule has 0 aliphatic carbocycles. The molecule has 0 aromatic heterocycles. The summed E-state index contributed by atoms with van der Waals surface area (Å²) in [5.74, 6) is 0. The molecule has 0 spiro atoms. The maximum Gasteiger partial charge on any atom is 1.00 e. The molecule has 0 aliphatic rings.